The van der Waals surface area contributed by atoms with E-state index in [1.807, 2.05) is 48.5 Å². The quantitative estimate of drug-likeness (QED) is 0.350. The Bertz CT molecular complexity index is 1030. The molecule has 0 atom stereocenters. The molecule has 0 saturated heterocycles. The highest BCUT2D eigenvalue weighted by atomic mass is 79.9. The van der Waals surface area contributed by atoms with Gasteiger partial charge in [-0.3, -0.25) is 0 Å². The van der Waals surface area contributed by atoms with Crippen molar-refractivity contribution in [3.05, 3.63) is 99.0 Å². The van der Waals surface area contributed by atoms with E-state index in [0.29, 0.717) is 12.2 Å². The first-order valence-corrected chi connectivity index (χ1v) is 9.56. The second kappa shape index (κ2) is 9.72. The third-order valence-corrected chi connectivity index (χ3v) is 4.69. The van der Waals surface area contributed by atoms with Gasteiger partial charge in [0.15, 0.2) is 0 Å². The fourth-order valence-electron chi connectivity index (χ4n) is 2.64. The molecule has 0 aliphatic heterocycles. The van der Waals surface area contributed by atoms with Crippen LogP contribution in [0.1, 0.15) is 27.8 Å². The first-order chi connectivity index (χ1) is 13.7. The Labute approximate surface area is 173 Å². The van der Waals surface area contributed by atoms with Crippen molar-refractivity contribution in [3.8, 4) is 11.8 Å². The Balaban J connectivity index is 1.56. The van der Waals surface area contributed by atoms with Crippen molar-refractivity contribution in [2.45, 2.75) is 20.1 Å². The summed E-state index contributed by atoms with van der Waals surface area (Å²) < 4.78 is 6.73. The summed E-state index contributed by atoms with van der Waals surface area (Å²) in [5, 5.41) is 13.1. The Morgan fingerprint density at radius 2 is 1.89 bits per heavy atom. The van der Waals surface area contributed by atoms with Crippen LogP contribution in [0.4, 0.5) is 0 Å². The fourth-order valence-corrected chi connectivity index (χ4v) is 3.15. The third kappa shape index (κ3) is 5.45. The highest BCUT2D eigenvalue weighted by Gasteiger charge is 2.04. The Morgan fingerprint density at radius 1 is 1.04 bits per heavy atom. The lowest BCUT2D eigenvalue weighted by Gasteiger charge is -2.09. The topological polar surface area (TPSA) is 54.6 Å². The predicted octanol–water partition coefficient (Wildman–Crippen LogP) is 5.76. The van der Waals surface area contributed by atoms with Gasteiger partial charge in [0, 0.05) is 5.56 Å². The summed E-state index contributed by atoms with van der Waals surface area (Å²) in [5.41, 5.74) is 4.62. The molecule has 0 aliphatic carbocycles. The maximum Gasteiger partial charge on any atom is 0.143 e. The molecule has 4 nitrogen and oxygen atoms in total. The van der Waals surface area contributed by atoms with Crippen LogP contribution in [0.15, 0.2) is 76.4 Å². The van der Waals surface area contributed by atoms with Gasteiger partial charge in [0.05, 0.1) is 22.3 Å². The molecule has 140 valence electrons. The van der Waals surface area contributed by atoms with E-state index < -0.39 is 0 Å². The molecule has 0 amide bonds. The van der Waals surface area contributed by atoms with Gasteiger partial charge in [-0.1, -0.05) is 53.2 Å². The molecule has 0 fully saturated rings. The number of hydrogen-bond acceptors (Lipinski definition) is 4. The number of nitrogens with zero attached hydrogens (tertiary/aromatic N) is 2. The van der Waals surface area contributed by atoms with Crippen molar-refractivity contribution in [1.82, 2.24) is 0 Å². The number of halogens is 1. The number of aryl methyl sites for hydroxylation is 1. The first kappa shape index (κ1) is 19.7. The van der Waals surface area contributed by atoms with Crippen molar-refractivity contribution >= 4 is 22.1 Å². The summed E-state index contributed by atoms with van der Waals surface area (Å²) in [5.74, 6) is 0.766. The normalized spacial score (nSPS) is 10.6. The molecule has 5 heteroatoms. The number of benzene rings is 3. The van der Waals surface area contributed by atoms with E-state index in [4.69, 9.17) is 14.8 Å². The zero-order valence-corrected chi connectivity index (χ0v) is 17.0. The number of hydrogen-bond donors (Lipinski definition) is 0. The summed E-state index contributed by atoms with van der Waals surface area (Å²) in [6.07, 6.45) is 1.63. The van der Waals surface area contributed by atoms with Gasteiger partial charge in [0.25, 0.3) is 0 Å². The van der Waals surface area contributed by atoms with E-state index >= 15 is 0 Å². The van der Waals surface area contributed by atoms with Crippen molar-refractivity contribution in [2.75, 3.05) is 0 Å². The molecule has 0 spiro atoms. The SMILES string of the molecule is Cc1cccc(COc2ccc(/C=N\OCc3ccccc3C#N)cc2Br)c1. The van der Waals surface area contributed by atoms with Gasteiger partial charge in [-0.15, -0.1) is 0 Å². The molecule has 0 bridgehead atoms. The third-order valence-electron chi connectivity index (χ3n) is 4.07. The van der Waals surface area contributed by atoms with Crippen molar-refractivity contribution in [3.63, 3.8) is 0 Å². The summed E-state index contributed by atoms with van der Waals surface area (Å²) in [4.78, 5) is 5.32. The van der Waals surface area contributed by atoms with Crippen LogP contribution in [-0.4, -0.2) is 6.21 Å². The maximum absolute atomic E-state index is 9.08. The maximum atomic E-state index is 9.08. The van der Waals surface area contributed by atoms with Gasteiger partial charge < -0.3 is 9.57 Å². The lowest BCUT2D eigenvalue weighted by molar-refractivity contribution is 0.132. The van der Waals surface area contributed by atoms with E-state index in [0.717, 1.165) is 26.9 Å². The van der Waals surface area contributed by atoms with E-state index in [-0.39, 0.29) is 6.61 Å². The van der Waals surface area contributed by atoms with E-state index in [9.17, 15) is 0 Å². The molecule has 28 heavy (non-hydrogen) atoms. The second-order valence-electron chi connectivity index (χ2n) is 6.24. The molecule has 0 aromatic heterocycles. The van der Waals surface area contributed by atoms with Gasteiger partial charge in [-0.2, -0.15) is 5.26 Å². The van der Waals surface area contributed by atoms with Gasteiger partial charge >= 0.3 is 0 Å². The number of oxime groups is 1. The van der Waals surface area contributed by atoms with E-state index in [1.165, 1.54) is 5.56 Å². The molecular formula is C23H19BrN2O2. The summed E-state index contributed by atoms with van der Waals surface area (Å²) >= 11 is 3.54. The summed E-state index contributed by atoms with van der Waals surface area (Å²) in [7, 11) is 0. The van der Waals surface area contributed by atoms with Gasteiger partial charge in [-0.05, 0) is 58.2 Å². The van der Waals surface area contributed by atoms with Crippen molar-refractivity contribution in [1.29, 1.82) is 5.26 Å². The van der Waals surface area contributed by atoms with Crippen LogP contribution >= 0.6 is 15.9 Å². The van der Waals surface area contributed by atoms with Crippen LogP contribution in [0, 0.1) is 18.3 Å². The van der Waals surface area contributed by atoms with Crippen LogP contribution in [0.3, 0.4) is 0 Å². The molecule has 3 rings (SSSR count). The van der Waals surface area contributed by atoms with Gasteiger partial charge in [-0.25, -0.2) is 0 Å². The van der Waals surface area contributed by atoms with Crippen molar-refractivity contribution < 1.29 is 9.57 Å². The number of nitriles is 1. The number of rotatable bonds is 7. The predicted molar refractivity (Wildman–Crippen MR) is 113 cm³/mol. The minimum Gasteiger partial charge on any atom is -0.488 e. The molecule has 3 aromatic carbocycles. The monoisotopic (exact) mass is 434 g/mol. The average Bonchev–Trinajstić information content (AvgIpc) is 2.71. The molecule has 3 aromatic rings. The largest absolute Gasteiger partial charge is 0.488 e. The minimum atomic E-state index is 0.249. The Hall–Kier alpha value is -3.10. The molecule has 0 heterocycles. The summed E-state index contributed by atoms with van der Waals surface area (Å²) in [6.45, 7) is 2.82. The molecule has 0 unspecified atom stereocenters. The van der Waals surface area contributed by atoms with E-state index in [2.05, 4.69) is 46.2 Å². The van der Waals surface area contributed by atoms with Crippen LogP contribution in [0.2, 0.25) is 0 Å². The highest BCUT2D eigenvalue weighted by Crippen LogP contribution is 2.26. The zero-order chi connectivity index (χ0) is 19.8. The highest BCUT2D eigenvalue weighted by molar-refractivity contribution is 9.10. The van der Waals surface area contributed by atoms with Crippen LogP contribution in [0.5, 0.6) is 5.75 Å². The lowest BCUT2D eigenvalue weighted by Crippen LogP contribution is -1.97. The molecule has 0 radical (unpaired) electrons. The Morgan fingerprint density at radius 3 is 2.68 bits per heavy atom. The Kier molecular flexibility index (Phi) is 6.83. The zero-order valence-electron chi connectivity index (χ0n) is 15.4. The molecular weight excluding hydrogens is 416 g/mol. The minimum absolute atomic E-state index is 0.249. The number of ether oxygens (including phenoxy) is 1. The molecule has 0 N–H and O–H groups in total. The van der Waals surface area contributed by atoms with Crippen LogP contribution in [-0.2, 0) is 18.1 Å². The van der Waals surface area contributed by atoms with Gasteiger partial charge in [0.1, 0.15) is 19.0 Å². The van der Waals surface area contributed by atoms with Crippen LogP contribution < -0.4 is 4.74 Å². The first-order valence-electron chi connectivity index (χ1n) is 8.77. The van der Waals surface area contributed by atoms with E-state index in [1.54, 1.807) is 12.3 Å². The molecule has 0 saturated carbocycles. The molecule has 0 aliphatic rings. The summed E-state index contributed by atoms with van der Waals surface area (Å²) in [6, 6.07) is 23.4. The lowest BCUT2D eigenvalue weighted by atomic mass is 10.1. The second-order valence-corrected chi connectivity index (χ2v) is 7.10. The average molecular weight is 435 g/mol. The van der Waals surface area contributed by atoms with Gasteiger partial charge in [0.2, 0.25) is 0 Å². The standard InChI is InChI=1S/C23H19BrN2O2/c1-17-5-4-6-19(11-17)15-27-23-10-9-18(12-22(23)24)14-26-28-16-21-8-3-2-7-20(21)13-25/h2-12,14H,15-16H2,1H3/b26-14-. The van der Waals surface area contributed by atoms with Crippen LogP contribution in [0.25, 0.3) is 0 Å². The van der Waals surface area contributed by atoms with Crippen molar-refractivity contribution in [2.24, 2.45) is 5.16 Å². The smallest absolute Gasteiger partial charge is 0.143 e. The fraction of sp³-hybridized carbons (Fsp3) is 0.130.